The van der Waals surface area contributed by atoms with Crippen molar-refractivity contribution in [3.8, 4) is 0 Å². The second-order valence-electron chi connectivity index (χ2n) is 6.51. The number of hydrogen-bond donors (Lipinski definition) is 1. The zero-order chi connectivity index (χ0) is 14.9. The Bertz CT molecular complexity index is 494. The van der Waals surface area contributed by atoms with Crippen LogP contribution in [-0.4, -0.2) is 37.8 Å². The first-order chi connectivity index (χ1) is 9.28. The Hall–Kier alpha value is -1.43. The highest BCUT2D eigenvalue weighted by Gasteiger charge is 2.33. The van der Waals surface area contributed by atoms with E-state index in [0.29, 0.717) is 24.6 Å². The van der Waals surface area contributed by atoms with Gasteiger partial charge >= 0.3 is 5.97 Å². The summed E-state index contributed by atoms with van der Waals surface area (Å²) in [6.45, 7) is 8.83. The van der Waals surface area contributed by atoms with E-state index < -0.39 is 5.97 Å². The van der Waals surface area contributed by atoms with Crippen LogP contribution in [0.3, 0.4) is 0 Å². The minimum atomic E-state index is -1.01. The predicted octanol–water partition coefficient (Wildman–Crippen LogP) is 2.13. The summed E-state index contributed by atoms with van der Waals surface area (Å²) in [4.78, 5) is 11.2. The molecule has 1 atom stereocenters. The normalized spacial score (nSPS) is 21.6. The summed E-state index contributed by atoms with van der Waals surface area (Å²) in [7, 11) is 0. The molecule has 1 unspecified atom stereocenters. The van der Waals surface area contributed by atoms with Gasteiger partial charge in [0, 0.05) is 0 Å². The van der Waals surface area contributed by atoms with Crippen LogP contribution in [0.15, 0.2) is 0 Å². The first-order valence-corrected chi connectivity index (χ1v) is 7.12. The third-order valence-corrected chi connectivity index (χ3v) is 3.57. The van der Waals surface area contributed by atoms with Crippen LogP contribution in [0.25, 0.3) is 0 Å². The van der Waals surface area contributed by atoms with Crippen molar-refractivity contribution in [3.63, 3.8) is 0 Å². The number of aromatic nitrogens is 3. The molecule has 1 fully saturated rings. The molecule has 0 spiro atoms. The Morgan fingerprint density at radius 1 is 1.55 bits per heavy atom. The molecule has 0 amide bonds. The average Bonchev–Trinajstić information content (AvgIpc) is 2.83. The van der Waals surface area contributed by atoms with E-state index in [-0.39, 0.29) is 17.4 Å². The van der Waals surface area contributed by atoms with Crippen molar-refractivity contribution in [1.29, 1.82) is 0 Å². The number of carboxylic acids is 1. The Morgan fingerprint density at radius 2 is 2.25 bits per heavy atom. The number of aromatic carboxylic acids is 1. The lowest BCUT2D eigenvalue weighted by molar-refractivity contribution is -0.0235. The smallest absolute Gasteiger partial charge is 0.358 e. The van der Waals surface area contributed by atoms with Crippen molar-refractivity contribution in [1.82, 2.24) is 15.0 Å². The quantitative estimate of drug-likeness (QED) is 0.894. The fraction of sp³-hybridized carbons (Fsp3) is 0.786. The fourth-order valence-corrected chi connectivity index (χ4v) is 2.63. The SMILES string of the molecule is CC(C)Cc1c(C(=O)O)nnn1CC1CCC(C)(C)O1. The molecule has 6 nitrogen and oxygen atoms in total. The molecular weight excluding hydrogens is 258 g/mol. The lowest BCUT2D eigenvalue weighted by Gasteiger charge is -2.19. The van der Waals surface area contributed by atoms with Crippen molar-refractivity contribution in [2.75, 3.05) is 0 Å². The molecule has 1 aliphatic heterocycles. The number of ether oxygens (including phenoxy) is 1. The summed E-state index contributed by atoms with van der Waals surface area (Å²) < 4.78 is 7.65. The number of nitrogens with zero attached hydrogens (tertiary/aromatic N) is 3. The third kappa shape index (κ3) is 3.36. The number of hydrogen-bond acceptors (Lipinski definition) is 4. The van der Waals surface area contributed by atoms with Gasteiger partial charge in [-0.1, -0.05) is 19.1 Å². The van der Waals surface area contributed by atoms with E-state index in [9.17, 15) is 9.90 Å². The zero-order valence-electron chi connectivity index (χ0n) is 12.6. The molecule has 1 aromatic rings. The fourth-order valence-electron chi connectivity index (χ4n) is 2.63. The minimum absolute atomic E-state index is 0.0657. The number of carboxylic acid groups (broad SMARTS) is 1. The Morgan fingerprint density at radius 3 is 2.75 bits per heavy atom. The molecule has 2 rings (SSSR count). The Kier molecular flexibility index (Phi) is 4.13. The number of carbonyl (C=O) groups is 1. The minimum Gasteiger partial charge on any atom is -0.476 e. The van der Waals surface area contributed by atoms with Crippen LogP contribution < -0.4 is 0 Å². The molecule has 0 aliphatic carbocycles. The molecule has 0 bridgehead atoms. The van der Waals surface area contributed by atoms with Crippen LogP contribution in [0.5, 0.6) is 0 Å². The van der Waals surface area contributed by atoms with Gasteiger partial charge in [0.1, 0.15) is 0 Å². The molecule has 0 saturated carbocycles. The van der Waals surface area contributed by atoms with Crippen LogP contribution in [0.2, 0.25) is 0 Å². The topological polar surface area (TPSA) is 77.2 Å². The highest BCUT2D eigenvalue weighted by Crippen LogP contribution is 2.30. The van der Waals surface area contributed by atoms with Gasteiger partial charge in [0.05, 0.1) is 23.9 Å². The molecule has 6 heteroatoms. The van der Waals surface area contributed by atoms with E-state index in [1.54, 1.807) is 4.68 Å². The van der Waals surface area contributed by atoms with E-state index in [2.05, 4.69) is 38.0 Å². The highest BCUT2D eigenvalue weighted by atomic mass is 16.5. The molecule has 0 aromatic carbocycles. The van der Waals surface area contributed by atoms with Gasteiger partial charge < -0.3 is 9.84 Å². The first kappa shape index (κ1) is 15.0. The van der Waals surface area contributed by atoms with Crippen LogP contribution in [-0.2, 0) is 17.7 Å². The molecule has 1 aliphatic rings. The van der Waals surface area contributed by atoms with Crippen molar-refractivity contribution in [2.45, 2.75) is 65.2 Å². The van der Waals surface area contributed by atoms with E-state index in [1.807, 2.05) is 0 Å². The summed E-state index contributed by atoms with van der Waals surface area (Å²) in [5, 5.41) is 17.0. The van der Waals surface area contributed by atoms with Gasteiger partial charge in [0.25, 0.3) is 0 Å². The maximum atomic E-state index is 11.2. The second kappa shape index (κ2) is 5.52. The molecule has 0 radical (unpaired) electrons. The Labute approximate surface area is 119 Å². The first-order valence-electron chi connectivity index (χ1n) is 7.12. The molecular formula is C14H23N3O3. The van der Waals surface area contributed by atoms with Crippen LogP contribution in [0.1, 0.15) is 56.7 Å². The summed E-state index contributed by atoms with van der Waals surface area (Å²) in [5.41, 5.74) is 0.663. The molecule has 1 N–H and O–H groups in total. The summed E-state index contributed by atoms with van der Waals surface area (Å²) in [5.74, 6) is -0.661. The van der Waals surface area contributed by atoms with E-state index in [0.717, 1.165) is 12.8 Å². The molecule has 2 heterocycles. The molecule has 1 aromatic heterocycles. The van der Waals surface area contributed by atoms with Gasteiger partial charge in [-0.2, -0.15) is 0 Å². The molecule has 112 valence electrons. The van der Waals surface area contributed by atoms with Crippen molar-refractivity contribution in [2.24, 2.45) is 5.92 Å². The maximum Gasteiger partial charge on any atom is 0.358 e. The average molecular weight is 281 g/mol. The number of rotatable bonds is 5. The summed E-state index contributed by atoms with van der Waals surface area (Å²) in [6, 6.07) is 0. The van der Waals surface area contributed by atoms with Crippen LogP contribution in [0.4, 0.5) is 0 Å². The van der Waals surface area contributed by atoms with Gasteiger partial charge in [-0.05, 0) is 39.0 Å². The predicted molar refractivity (Wildman–Crippen MR) is 73.7 cm³/mol. The summed E-state index contributed by atoms with van der Waals surface area (Å²) in [6.07, 6.45) is 2.72. The van der Waals surface area contributed by atoms with E-state index in [1.165, 1.54) is 0 Å². The lowest BCUT2D eigenvalue weighted by atomic mass is 10.0. The third-order valence-electron chi connectivity index (χ3n) is 3.57. The van der Waals surface area contributed by atoms with Gasteiger partial charge in [-0.15, -0.1) is 5.10 Å². The second-order valence-corrected chi connectivity index (χ2v) is 6.51. The van der Waals surface area contributed by atoms with E-state index >= 15 is 0 Å². The lowest BCUT2D eigenvalue weighted by Crippen LogP contribution is -2.24. The van der Waals surface area contributed by atoms with Crippen LogP contribution in [0, 0.1) is 5.92 Å². The monoisotopic (exact) mass is 281 g/mol. The van der Waals surface area contributed by atoms with E-state index in [4.69, 9.17) is 4.74 Å². The highest BCUT2D eigenvalue weighted by molar-refractivity contribution is 5.86. The van der Waals surface area contributed by atoms with Gasteiger partial charge in [-0.25, -0.2) is 9.48 Å². The zero-order valence-corrected chi connectivity index (χ0v) is 12.6. The summed E-state index contributed by atoms with van der Waals surface area (Å²) >= 11 is 0. The Balaban J connectivity index is 2.17. The largest absolute Gasteiger partial charge is 0.476 e. The van der Waals surface area contributed by atoms with Crippen molar-refractivity contribution in [3.05, 3.63) is 11.4 Å². The molecule has 20 heavy (non-hydrogen) atoms. The molecule has 1 saturated heterocycles. The van der Waals surface area contributed by atoms with Gasteiger partial charge in [0.15, 0.2) is 5.69 Å². The maximum absolute atomic E-state index is 11.2. The van der Waals surface area contributed by atoms with Gasteiger partial charge in [0.2, 0.25) is 0 Å². The standard InChI is InChI=1S/C14H23N3O3/c1-9(2)7-11-12(13(18)19)15-16-17(11)8-10-5-6-14(3,4)20-10/h9-10H,5-8H2,1-4H3,(H,18,19). The van der Waals surface area contributed by atoms with Crippen molar-refractivity contribution < 1.29 is 14.6 Å². The van der Waals surface area contributed by atoms with Crippen LogP contribution >= 0.6 is 0 Å². The van der Waals surface area contributed by atoms with Gasteiger partial charge in [-0.3, -0.25) is 0 Å². The van der Waals surface area contributed by atoms with Crippen molar-refractivity contribution >= 4 is 5.97 Å².